The standard InChI is InChI=1S/C16H18O4/c1-3-8-20-13-9-12(16(18)19)15(17)11-7-5-6-10(4-2)14(11)13/h5-7,9,17H,3-4,8H2,1-2H3,(H,18,19). The summed E-state index contributed by atoms with van der Waals surface area (Å²) in [7, 11) is 0. The number of phenols is 1. The van der Waals surface area contributed by atoms with Crippen LogP contribution in [0.1, 0.15) is 36.2 Å². The number of rotatable bonds is 5. The molecule has 0 unspecified atom stereocenters. The first-order valence-corrected chi connectivity index (χ1v) is 6.73. The zero-order chi connectivity index (χ0) is 14.7. The van der Waals surface area contributed by atoms with E-state index in [1.54, 1.807) is 6.07 Å². The number of aryl methyl sites for hydroxylation is 1. The average molecular weight is 274 g/mol. The van der Waals surface area contributed by atoms with Crippen molar-refractivity contribution in [3.63, 3.8) is 0 Å². The number of benzene rings is 2. The smallest absolute Gasteiger partial charge is 0.339 e. The Morgan fingerprint density at radius 3 is 2.65 bits per heavy atom. The molecular weight excluding hydrogens is 256 g/mol. The lowest BCUT2D eigenvalue weighted by atomic mass is 9.98. The van der Waals surface area contributed by atoms with Gasteiger partial charge in [0.25, 0.3) is 0 Å². The lowest BCUT2D eigenvalue weighted by Crippen LogP contribution is -2.02. The summed E-state index contributed by atoms with van der Waals surface area (Å²) in [6, 6.07) is 6.90. The molecule has 0 aromatic heterocycles. The third-order valence-electron chi connectivity index (χ3n) is 3.26. The Hall–Kier alpha value is -2.23. The highest BCUT2D eigenvalue weighted by molar-refractivity contribution is 6.04. The predicted octanol–water partition coefficient (Wildman–Crippen LogP) is 3.59. The topological polar surface area (TPSA) is 66.8 Å². The Bertz CT molecular complexity index is 646. The van der Waals surface area contributed by atoms with Crippen LogP contribution in [-0.2, 0) is 6.42 Å². The van der Waals surface area contributed by atoms with Crippen molar-refractivity contribution in [3.8, 4) is 11.5 Å². The van der Waals surface area contributed by atoms with Crippen molar-refractivity contribution < 1.29 is 19.7 Å². The molecule has 0 saturated heterocycles. The average Bonchev–Trinajstić information content (AvgIpc) is 2.45. The number of ether oxygens (including phenoxy) is 1. The molecule has 106 valence electrons. The van der Waals surface area contributed by atoms with Crippen molar-refractivity contribution in [1.29, 1.82) is 0 Å². The highest BCUT2D eigenvalue weighted by Crippen LogP contribution is 2.38. The SMILES string of the molecule is CCCOc1cc(C(=O)O)c(O)c2cccc(CC)c12. The zero-order valence-corrected chi connectivity index (χ0v) is 11.6. The molecule has 0 saturated carbocycles. The fraction of sp³-hybridized carbons (Fsp3) is 0.312. The molecule has 20 heavy (non-hydrogen) atoms. The molecule has 0 heterocycles. The van der Waals surface area contributed by atoms with Gasteiger partial charge in [0.2, 0.25) is 0 Å². The summed E-state index contributed by atoms with van der Waals surface area (Å²) >= 11 is 0. The molecule has 2 aromatic rings. The summed E-state index contributed by atoms with van der Waals surface area (Å²) in [5.74, 6) is -0.839. The normalized spacial score (nSPS) is 10.7. The predicted molar refractivity (Wildman–Crippen MR) is 77.7 cm³/mol. The maximum Gasteiger partial charge on any atom is 0.339 e. The van der Waals surface area contributed by atoms with E-state index in [2.05, 4.69) is 0 Å². The number of carboxylic acid groups (broad SMARTS) is 1. The minimum atomic E-state index is -1.16. The molecule has 0 bridgehead atoms. The van der Waals surface area contributed by atoms with Gasteiger partial charge >= 0.3 is 5.97 Å². The third kappa shape index (κ3) is 2.41. The summed E-state index contributed by atoms with van der Waals surface area (Å²) in [6.45, 7) is 4.51. The lowest BCUT2D eigenvalue weighted by Gasteiger charge is -2.14. The molecule has 0 aliphatic carbocycles. The Morgan fingerprint density at radius 1 is 1.30 bits per heavy atom. The minimum Gasteiger partial charge on any atom is -0.506 e. The van der Waals surface area contributed by atoms with Gasteiger partial charge in [-0.25, -0.2) is 4.79 Å². The van der Waals surface area contributed by atoms with E-state index in [4.69, 9.17) is 4.74 Å². The molecule has 0 atom stereocenters. The van der Waals surface area contributed by atoms with Gasteiger partial charge in [0.15, 0.2) is 0 Å². The molecule has 0 spiro atoms. The van der Waals surface area contributed by atoms with Gasteiger partial charge in [-0.15, -0.1) is 0 Å². The number of carbonyl (C=O) groups is 1. The van der Waals surface area contributed by atoms with Gasteiger partial charge in [-0.3, -0.25) is 0 Å². The Balaban J connectivity index is 2.78. The molecule has 0 radical (unpaired) electrons. The van der Waals surface area contributed by atoms with E-state index in [-0.39, 0.29) is 11.3 Å². The quantitative estimate of drug-likeness (QED) is 0.874. The molecule has 0 aliphatic heterocycles. The van der Waals surface area contributed by atoms with Crippen LogP contribution < -0.4 is 4.74 Å². The Kier molecular flexibility index (Phi) is 4.13. The summed E-state index contributed by atoms with van der Waals surface area (Å²) in [5, 5.41) is 20.7. The zero-order valence-electron chi connectivity index (χ0n) is 11.6. The van der Waals surface area contributed by atoms with Crippen molar-refractivity contribution in [2.45, 2.75) is 26.7 Å². The lowest BCUT2D eigenvalue weighted by molar-refractivity contribution is 0.0693. The first kappa shape index (κ1) is 14.2. The Morgan fingerprint density at radius 2 is 2.05 bits per heavy atom. The number of aromatic carboxylic acids is 1. The van der Waals surface area contributed by atoms with Crippen LogP contribution in [0.2, 0.25) is 0 Å². The van der Waals surface area contributed by atoms with Gasteiger partial charge in [0.05, 0.1) is 6.61 Å². The summed E-state index contributed by atoms with van der Waals surface area (Å²) < 4.78 is 5.68. The van der Waals surface area contributed by atoms with Crippen LogP contribution >= 0.6 is 0 Å². The second kappa shape index (κ2) is 5.82. The molecule has 4 nitrogen and oxygen atoms in total. The number of carboxylic acids is 1. The first-order chi connectivity index (χ1) is 9.60. The number of hydrogen-bond donors (Lipinski definition) is 2. The van der Waals surface area contributed by atoms with Crippen LogP contribution in [-0.4, -0.2) is 22.8 Å². The van der Waals surface area contributed by atoms with Crippen LogP contribution in [0.3, 0.4) is 0 Å². The first-order valence-electron chi connectivity index (χ1n) is 6.73. The monoisotopic (exact) mass is 274 g/mol. The number of fused-ring (bicyclic) bond motifs is 1. The van der Waals surface area contributed by atoms with E-state index in [0.717, 1.165) is 23.8 Å². The van der Waals surface area contributed by atoms with E-state index >= 15 is 0 Å². The fourth-order valence-corrected chi connectivity index (χ4v) is 2.29. The molecule has 2 aromatic carbocycles. The van der Waals surface area contributed by atoms with Crippen molar-refractivity contribution in [3.05, 3.63) is 35.4 Å². The second-order valence-electron chi connectivity index (χ2n) is 4.62. The van der Waals surface area contributed by atoms with E-state index < -0.39 is 5.97 Å². The molecule has 2 N–H and O–H groups in total. The fourth-order valence-electron chi connectivity index (χ4n) is 2.29. The van der Waals surface area contributed by atoms with Gasteiger partial charge in [-0.2, -0.15) is 0 Å². The van der Waals surface area contributed by atoms with Gasteiger partial charge in [-0.05, 0) is 24.5 Å². The van der Waals surface area contributed by atoms with Crippen molar-refractivity contribution in [2.24, 2.45) is 0 Å². The molecular formula is C16H18O4. The van der Waals surface area contributed by atoms with Crippen molar-refractivity contribution in [2.75, 3.05) is 6.61 Å². The molecule has 0 aliphatic rings. The van der Waals surface area contributed by atoms with Gasteiger partial charge in [0, 0.05) is 10.8 Å². The Labute approximate surface area is 117 Å². The van der Waals surface area contributed by atoms with E-state index in [0.29, 0.717) is 17.7 Å². The molecule has 2 rings (SSSR count). The highest BCUT2D eigenvalue weighted by Gasteiger charge is 2.18. The van der Waals surface area contributed by atoms with Crippen LogP contribution in [0, 0.1) is 0 Å². The van der Waals surface area contributed by atoms with Crippen LogP contribution in [0.25, 0.3) is 10.8 Å². The molecule has 0 fully saturated rings. The number of aromatic hydroxyl groups is 1. The van der Waals surface area contributed by atoms with Gasteiger partial charge in [0.1, 0.15) is 17.1 Å². The summed E-state index contributed by atoms with van der Waals surface area (Å²) in [5.41, 5.74) is 0.901. The molecule has 0 amide bonds. The maximum absolute atomic E-state index is 11.2. The van der Waals surface area contributed by atoms with Gasteiger partial charge in [-0.1, -0.05) is 32.0 Å². The van der Waals surface area contributed by atoms with Crippen molar-refractivity contribution >= 4 is 16.7 Å². The van der Waals surface area contributed by atoms with Crippen LogP contribution in [0.15, 0.2) is 24.3 Å². The maximum atomic E-state index is 11.2. The van der Waals surface area contributed by atoms with Crippen LogP contribution in [0.5, 0.6) is 11.5 Å². The third-order valence-corrected chi connectivity index (χ3v) is 3.26. The second-order valence-corrected chi connectivity index (χ2v) is 4.62. The minimum absolute atomic E-state index is 0.128. The van der Waals surface area contributed by atoms with Crippen molar-refractivity contribution in [1.82, 2.24) is 0 Å². The van der Waals surface area contributed by atoms with Gasteiger partial charge < -0.3 is 14.9 Å². The van der Waals surface area contributed by atoms with E-state index in [1.807, 2.05) is 26.0 Å². The number of hydrogen-bond acceptors (Lipinski definition) is 3. The molecule has 4 heteroatoms. The summed E-state index contributed by atoms with van der Waals surface area (Å²) in [6.07, 6.45) is 1.62. The summed E-state index contributed by atoms with van der Waals surface area (Å²) in [4.78, 5) is 11.2. The van der Waals surface area contributed by atoms with E-state index in [1.165, 1.54) is 6.07 Å². The van der Waals surface area contributed by atoms with Crippen LogP contribution in [0.4, 0.5) is 0 Å². The largest absolute Gasteiger partial charge is 0.506 e. The van der Waals surface area contributed by atoms with E-state index in [9.17, 15) is 15.0 Å². The highest BCUT2D eigenvalue weighted by atomic mass is 16.5.